The Morgan fingerprint density at radius 3 is 1.95 bits per heavy atom. The van der Waals surface area contributed by atoms with Gasteiger partial charge in [0.15, 0.2) is 0 Å². The van der Waals surface area contributed by atoms with E-state index in [1.165, 1.54) is 19.3 Å². The number of carbonyl (C=O) groups is 2. The highest BCUT2D eigenvalue weighted by atomic mass is 16.6. The van der Waals surface area contributed by atoms with Gasteiger partial charge in [-0.25, -0.2) is 4.79 Å². The summed E-state index contributed by atoms with van der Waals surface area (Å²) in [5.74, 6) is -0.914. The van der Waals surface area contributed by atoms with E-state index in [9.17, 15) is 19.7 Å². The quantitative estimate of drug-likeness (QED) is 0.450. The Bertz CT molecular complexity index is 426. The number of rotatable bonds is 4. The van der Waals surface area contributed by atoms with Crippen LogP contribution in [0.1, 0.15) is 38.5 Å². The predicted molar refractivity (Wildman–Crippen MR) is 67.5 cm³/mol. The predicted octanol–water partition coefficient (Wildman–Crippen LogP) is 0.801. The zero-order chi connectivity index (χ0) is 14.5. The maximum absolute atomic E-state index is 12.0. The van der Waals surface area contributed by atoms with E-state index >= 15 is 0 Å². The van der Waals surface area contributed by atoms with Crippen molar-refractivity contribution in [3.05, 3.63) is 10.1 Å². The van der Waals surface area contributed by atoms with Crippen LogP contribution in [0.4, 0.5) is 0 Å². The van der Waals surface area contributed by atoms with Crippen LogP contribution in [0, 0.1) is 27.9 Å². The summed E-state index contributed by atoms with van der Waals surface area (Å²) in [6, 6.07) is -2.19. The van der Waals surface area contributed by atoms with Crippen molar-refractivity contribution in [2.24, 2.45) is 17.8 Å². The van der Waals surface area contributed by atoms with E-state index in [2.05, 4.69) is 5.32 Å². The molecular formula is C13H18N2O5. The van der Waals surface area contributed by atoms with Crippen molar-refractivity contribution in [2.75, 3.05) is 0 Å². The number of nitro groups is 1. The molecule has 0 aromatic heterocycles. The number of aliphatic carboxylic acids is 1. The number of nitrogens with zero attached hydrogens (tertiary/aromatic N) is 1. The van der Waals surface area contributed by atoms with E-state index in [0.29, 0.717) is 17.8 Å². The number of hydrogen-bond donors (Lipinski definition) is 2. The van der Waals surface area contributed by atoms with Crippen LogP contribution in [0.2, 0.25) is 0 Å². The maximum Gasteiger partial charge on any atom is 0.389 e. The van der Waals surface area contributed by atoms with Crippen LogP contribution in [-0.4, -0.2) is 33.5 Å². The van der Waals surface area contributed by atoms with Crippen LogP contribution in [0.15, 0.2) is 0 Å². The zero-order valence-corrected chi connectivity index (χ0v) is 11.1. The molecule has 4 saturated carbocycles. The summed E-state index contributed by atoms with van der Waals surface area (Å²) < 4.78 is 0. The summed E-state index contributed by atoms with van der Waals surface area (Å²) in [7, 11) is 0. The van der Waals surface area contributed by atoms with Crippen LogP contribution in [0.25, 0.3) is 0 Å². The number of carboxylic acid groups (broad SMARTS) is 1. The summed E-state index contributed by atoms with van der Waals surface area (Å²) in [6.45, 7) is 0. The fraction of sp³-hybridized carbons (Fsp3) is 0.846. The molecule has 1 atom stereocenters. The highest BCUT2D eigenvalue weighted by Gasteiger charge is 2.53. The molecule has 4 fully saturated rings. The van der Waals surface area contributed by atoms with Crippen molar-refractivity contribution in [3.8, 4) is 0 Å². The smallest absolute Gasteiger partial charge is 0.389 e. The van der Waals surface area contributed by atoms with Gasteiger partial charge in [-0.1, -0.05) is 0 Å². The van der Waals surface area contributed by atoms with Gasteiger partial charge >= 0.3 is 17.9 Å². The van der Waals surface area contributed by atoms with Crippen molar-refractivity contribution in [2.45, 2.75) is 50.1 Å². The first-order chi connectivity index (χ1) is 9.38. The molecule has 0 saturated heterocycles. The number of carbonyl (C=O) groups excluding carboxylic acids is 1. The number of amides is 1. The molecular weight excluding hydrogens is 264 g/mol. The molecule has 0 unspecified atom stereocenters. The van der Waals surface area contributed by atoms with Crippen LogP contribution >= 0.6 is 0 Å². The summed E-state index contributed by atoms with van der Waals surface area (Å²) in [5, 5.41) is 22.3. The van der Waals surface area contributed by atoms with Gasteiger partial charge in [0.25, 0.3) is 0 Å². The maximum atomic E-state index is 12.0. The second-order valence-corrected chi connectivity index (χ2v) is 6.71. The normalized spacial score (nSPS) is 39.3. The average Bonchev–Trinajstić information content (AvgIpc) is 2.23. The number of carboxylic acids is 1. The highest BCUT2D eigenvalue weighted by Crippen LogP contribution is 2.55. The summed E-state index contributed by atoms with van der Waals surface area (Å²) in [6.07, 6.45) is 6.09. The van der Waals surface area contributed by atoms with Gasteiger partial charge in [0.2, 0.25) is 0 Å². The molecule has 7 heteroatoms. The SMILES string of the molecule is O=C(O)[C@@H](C(=O)NC12CC3CC(CC(C3)C1)C2)[N+](=O)[O-]. The van der Waals surface area contributed by atoms with Gasteiger partial charge < -0.3 is 10.4 Å². The van der Waals surface area contributed by atoms with E-state index in [1.807, 2.05) is 0 Å². The molecule has 4 aliphatic rings. The summed E-state index contributed by atoms with van der Waals surface area (Å²) in [5.41, 5.74) is -0.393. The van der Waals surface area contributed by atoms with Crippen molar-refractivity contribution in [1.29, 1.82) is 0 Å². The lowest BCUT2D eigenvalue weighted by atomic mass is 9.53. The third kappa shape index (κ3) is 2.14. The van der Waals surface area contributed by atoms with Gasteiger partial charge in [-0.2, -0.15) is 0 Å². The van der Waals surface area contributed by atoms with Crippen LogP contribution in [-0.2, 0) is 9.59 Å². The molecule has 20 heavy (non-hydrogen) atoms. The lowest BCUT2D eigenvalue weighted by molar-refractivity contribution is -0.496. The second kappa shape index (κ2) is 4.43. The van der Waals surface area contributed by atoms with Crippen LogP contribution in [0.5, 0.6) is 0 Å². The van der Waals surface area contributed by atoms with Crippen molar-refractivity contribution in [3.63, 3.8) is 0 Å². The monoisotopic (exact) mass is 282 g/mol. The topological polar surface area (TPSA) is 110 Å². The van der Waals surface area contributed by atoms with Gasteiger partial charge in [0.05, 0.1) is 0 Å². The zero-order valence-electron chi connectivity index (χ0n) is 11.1. The molecule has 2 N–H and O–H groups in total. The van der Waals surface area contributed by atoms with E-state index in [1.54, 1.807) is 0 Å². The Labute approximate surface area is 115 Å². The molecule has 0 aliphatic heterocycles. The average molecular weight is 282 g/mol. The molecule has 4 bridgehead atoms. The molecule has 4 aliphatic carbocycles. The fourth-order valence-corrected chi connectivity index (χ4v) is 4.89. The van der Waals surface area contributed by atoms with Crippen molar-refractivity contribution >= 4 is 11.9 Å². The second-order valence-electron chi connectivity index (χ2n) is 6.71. The van der Waals surface area contributed by atoms with Crippen LogP contribution < -0.4 is 5.32 Å². The standard InChI is InChI=1S/C13H18N2O5/c16-11(10(12(17)18)15(19)20)14-13-4-7-1-8(5-13)3-9(2-7)6-13/h7-10H,1-6H2,(H,14,16)(H,17,18)/t7?,8?,9?,10-,13?/m1/s1. The third-order valence-corrected chi connectivity index (χ3v) is 5.12. The lowest BCUT2D eigenvalue weighted by Gasteiger charge is -2.56. The van der Waals surface area contributed by atoms with Crippen LogP contribution in [0.3, 0.4) is 0 Å². The molecule has 1 amide bonds. The van der Waals surface area contributed by atoms with Gasteiger partial charge in [-0.3, -0.25) is 14.9 Å². The minimum absolute atomic E-state index is 0.393. The molecule has 0 radical (unpaired) electrons. The van der Waals surface area contributed by atoms with Crippen molar-refractivity contribution < 1.29 is 19.6 Å². The number of hydrogen-bond acceptors (Lipinski definition) is 4. The van der Waals surface area contributed by atoms with Gasteiger partial charge in [-0.15, -0.1) is 0 Å². The Morgan fingerprint density at radius 2 is 1.60 bits per heavy atom. The molecule has 110 valence electrons. The Balaban J connectivity index is 1.75. The van der Waals surface area contributed by atoms with Gasteiger partial charge in [0.1, 0.15) is 0 Å². The fourth-order valence-electron chi connectivity index (χ4n) is 4.89. The third-order valence-electron chi connectivity index (χ3n) is 5.12. The van der Waals surface area contributed by atoms with Gasteiger partial charge in [0, 0.05) is 10.5 Å². The molecule has 0 heterocycles. The van der Waals surface area contributed by atoms with Crippen molar-refractivity contribution in [1.82, 2.24) is 5.32 Å². The first kappa shape index (κ1) is 13.3. The lowest BCUT2D eigenvalue weighted by Crippen LogP contribution is -2.62. The molecule has 7 nitrogen and oxygen atoms in total. The molecule has 0 spiro atoms. The first-order valence-corrected chi connectivity index (χ1v) is 7.07. The Kier molecular flexibility index (Phi) is 2.95. The molecule has 4 rings (SSSR count). The summed E-state index contributed by atoms with van der Waals surface area (Å²) >= 11 is 0. The highest BCUT2D eigenvalue weighted by molar-refractivity contribution is 5.99. The molecule has 0 aromatic carbocycles. The Morgan fingerprint density at radius 1 is 1.15 bits per heavy atom. The first-order valence-electron chi connectivity index (χ1n) is 7.07. The summed E-state index contributed by atoms with van der Waals surface area (Å²) in [4.78, 5) is 32.5. The minimum atomic E-state index is -2.19. The van der Waals surface area contributed by atoms with E-state index in [0.717, 1.165) is 19.3 Å². The number of nitrogens with one attached hydrogen (secondary N) is 1. The molecule has 0 aromatic rings. The van der Waals surface area contributed by atoms with E-state index in [4.69, 9.17) is 5.11 Å². The Hall–Kier alpha value is -1.66. The van der Waals surface area contributed by atoms with E-state index in [-0.39, 0.29) is 0 Å². The van der Waals surface area contributed by atoms with E-state index < -0.39 is 28.4 Å². The minimum Gasteiger partial charge on any atom is -0.476 e. The van der Waals surface area contributed by atoms with Gasteiger partial charge in [-0.05, 0) is 56.3 Å². The largest absolute Gasteiger partial charge is 0.476 e.